The minimum atomic E-state index is -0.766. The SMILES string of the molecule is Cc1ccsc1C(NC1CCCC1)C(=O)O. The molecule has 1 atom stereocenters. The number of thiophene rings is 1. The van der Waals surface area contributed by atoms with E-state index in [4.69, 9.17) is 0 Å². The minimum Gasteiger partial charge on any atom is -0.480 e. The molecule has 0 aromatic carbocycles. The Kier molecular flexibility index (Phi) is 3.61. The second-order valence-corrected chi connectivity index (χ2v) is 5.33. The highest BCUT2D eigenvalue weighted by atomic mass is 32.1. The fourth-order valence-corrected chi connectivity index (χ4v) is 3.25. The molecule has 3 nitrogen and oxygen atoms in total. The molecule has 0 amide bonds. The highest BCUT2D eigenvalue weighted by Crippen LogP contribution is 2.27. The van der Waals surface area contributed by atoms with E-state index in [9.17, 15) is 9.90 Å². The lowest BCUT2D eigenvalue weighted by atomic mass is 10.1. The third-order valence-electron chi connectivity index (χ3n) is 3.17. The van der Waals surface area contributed by atoms with E-state index in [1.807, 2.05) is 18.4 Å². The van der Waals surface area contributed by atoms with E-state index >= 15 is 0 Å². The van der Waals surface area contributed by atoms with Crippen LogP contribution in [0.25, 0.3) is 0 Å². The molecule has 1 unspecified atom stereocenters. The zero-order chi connectivity index (χ0) is 11.5. The van der Waals surface area contributed by atoms with Crippen molar-refractivity contribution in [1.29, 1.82) is 0 Å². The minimum absolute atomic E-state index is 0.377. The van der Waals surface area contributed by atoms with Crippen molar-refractivity contribution < 1.29 is 9.90 Å². The van der Waals surface area contributed by atoms with Crippen LogP contribution in [0.2, 0.25) is 0 Å². The molecule has 2 rings (SSSR count). The smallest absolute Gasteiger partial charge is 0.326 e. The van der Waals surface area contributed by atoms with Crippen molar-refractivity contribution in [3.05, 3.63) is 21.9 Å². The monoisotopic (exact) mass is 239 g/mol. The van der Waals surface area contributed by atoms with Gasteiger partial charge in [0.15, 0.2) is 0 Å². The fourth-order valence-electron chi connectivity index (χ4n) is 2.27. The zero-order valence-electron chi connectivity index (χ0n) is 9.40. The Morgan fingerprint density at radius 3 is 2.75 bits per heavy atom. The number of carboxylic acid groups (broad SMARTS) is 1. The molecule has 1 aliphatic carbocycles. The van der Waals surface area contributed by atoms with Gasteiger partial charge in [0.05, 0.1) is 0 Å². The van der Waals surface area contributed by atoms with Crippen molar-refractivity contribution in [2.24, 2.45) is 0 Å². The molecule has 0 radical (unpaired) electrons. The number of hydrogen-bond acceptors (Lipinski definition) is 3. The number of aliphatic carboxylic acids is 1. The Morgan fingerprint density at radius 1 is 1.56 bits per heavy atom. The van der Waals surface area contributed by atoms with E-state index in [0.717, 1.165) is 23.3 Å². The number of nitrogens with one attached hydrogen (secondary N) is 1. The van der Waals surface area contributed by atoms with E-state index in [0.29, 0.717) is 6.04 Å². The maximum absolute atomic E-state index is 11.3. The summed E-state index contributed by atoms with van der Waals surface area (Å²) in [5, 5.41) is 14.5. The molecule has 0 saturated heterocycles. The Labute approximate surface area is 99.5 Å². The molecular formula is C12H17NO2S. The van der Waals surface area contributed by atoms with Crippen molar-refractivity contribution >= 4 is 17.3 Å². The first-order valence-corrected chi connectivity index (χ1v) is 6.59. The second kappa shape index (κ2) is 4.97. The second-order valence-electron chi connectivity index (χ2n) is 4.39. The third-order valence-corrected chi connectivity index (χ3v) is 4.25. The van der Waals surface area contributed by atoms with Gasteiger partial charge in [0.2, 0.25) is 0 Å². The van der Waals surface area contributed by atoms with Gasteiger partial charge >= 0.3 is 5.97 Å². The normalized spacial score (nSPS) is 18.8. The Morgan fingerprint density at radius 2 is 2.25 bits per heavy atom. The van der Waals surface area contributed by atoms with Crippen molar-refractivity contribution in [3.63, 3.8) is 0 Å². The lowest BCUT2D eigenvalue weighted by Crippen LogP contribution is -2.35. The van der Waals surface area contributed by atoms with Gasteiger partial charge in [-0.15, -0.1) is 11.3 Å². The van der Waals surface area contributed by atoms with E-state index in [1.165, 1.54) is 24.2 Å². The first-order valence-electron chi connectivity index (χ1n) is 5.71. The third kappa shape index (κ3) is 2.44. The van der Waals surface area contributed by atoms with Gasteiger partial charge in [-0.2, -0.15) is 0 Å². The molecule has 1 aromatic heterocycles. The first-order chi connectivity index (χ1) is 7.68. The predicted molar refractivity (Wildman–Crippen MR) is 64.8 cm³/mol. The van der Waals surface area contributed by atoms with Crippen LogP contribution in [-0.2, 0) is 4.79 Å². The maximum atomic E-state index is 11.3. The van der Waals surface area contributed by atoms with Gasteiger partial charge in [-0.1, -0.05) is 12.8 Å². The molecule has 2 N–H and O–H groups in total. The summed E-state index contributed by atoms with van der Waals surface area (Å²) in [6.07, 6.45) is 4.64. The molecule has 1 aromatic rings. The van der Waals surface area contributed by atoms with Gasteiger partial charge in [-0.05, 0) is 36.8 Å². The van der Waals surface area contributed by atoms with Crippen LogP contribution in [0.3, 0.4) is 0 Å². The van der Waals surface area contributed by atoms with Crippen LogP contribution in [-0.4, -0.2) is 17.1 Å². The molecule has 1 heterocycles. The quantitative estimate of drug-likeness (QED) is 0.849. The highest BCUT2D eigenvalue weighted by molar-refractivity contribution is 7.10. The van der Waals surface area contributed by atoms with Gasteiger partial charge in [-0.25, -0.2) is 0 Å². The van der Waals surface area contributed by atoms with Gasteiger partial charge in [0.25, 0.3) is 0 Å². The standard InChI is InChI=1S/C12H17NO2S/c1-8-6-7-16-11(8)10(12(14)15)13-9-4-2-3-5-9/h6-7,9-10,13H,2-5H2,1H3,(H,14,15). The molecular weight excluding hydrogens is 222 g/mol. The van der Waals surface area contributed by atoms with Crippen LogP contribution in [0.4, 0.5) is 0 Å². The van der Waals surface area contributed by atoms with Crippen LogP contribution < -0.4 is 5.32 Å². The summed E-state index contributed by atoms with van der Waals surface area (Å²) in [4.78, 5) is 12.2. The van der Waals surface area contributed by atoms with Crippen LogP contribution in [0, 0.1) is 6.92 Å². The van der Waals surface area contributed by atoms with Crippen molar-refractivity contribution in [2.45, 2.75) is 44.7 Å². The number of carboxylic acids is 1. The van der Waals surface area contributed by atoms with Gasteiger partial charge in [-0.3, -0.25) is 10.1 Å². The van der Waals surface area contributed by atoms with Gasteiger partial charge < -0.3 is 5.11 Å². The van der Waals surface area contributed by atoms with Crippen molar-refractivity contribution in [3.8, 4) is 0 Å². The summed E-state index contributed by atoms with van der Waals surface area (Å²) in [7, 11) is 0. The van der Waals surface area contributed by atoms with E-state index in [-0.39, 0.29) is 0 Å². The van der Waals surface area contributed by atoms with Gasteiger partial charge in [0, 0.05) is 10.9 Å². The molecule has 4 heteroatoms. The van der Waals surface area contributed by atoms with E-state index in [2.05, 4.69) is 5.32 Å². The summed E-state index contributed by atoms with van der Waals surface area (Å²) in [5.74, 6) is -0.766. The Hall–Kier alpha value is -0.870. The molecule has 1 aliphatic rings. The largest absolute Gasteiger partial charge is 0.480 e. The molecule has 16 heavy (non-hydrogen) atoms. The summed E-state index contributed by atoms with van der Waals surface area (Å²) >= 11 is 1.53. The van der Waals surface area contributed by atoms with Crippen LogP contribution in [0.1, 0.15) is 42.2 Å². The molecule has 1 saturated carbocycles. The van der Waals surface area contributed by atoms with E-state index in [1.54, 1.807) is 0 Å². The van der Waals surface area contributed by atoms with E-state index < -0.39 is 12.0 Å². The first kappa shape index (κ1) is 11.6. The van der Waals surface area contributed by atoms with Crippen molar-refractivity contribution in [2.75, 3.05) is 0 Å². The van der Waals surface area contributed by atoms with Crippen LogP contribution in [0.5, 0.6) is 0 Å². The summed E-state index contributed by atoms with van der Waals surface area (Å²) < 4.78 is 0. The van der Waals surface area contributed by atoms with Crippen LogP contribution in [0.15, 0.2) is 11.4 Å². The topological polar surface area (TPSA) is 49.3 Å². The number of aryl methyl sites for hydroxylation is 1. The molecule has 1 fully saturated rings. The average molecular weight is 239 g/mol. The number of carbonyl (C=O) groups is 1. The molecule has 88 valence electrons. The molecule has 0 spiro atoms. The molecule has 0 bridgehead atoms. The number of rotatable bonds is 4. The summed E-state index contributed by atoms with van der Waals surface area (Å²) in [5.41, 5.74) is 1.07. The average Bonchev–Trinajstić information content (AvgIpc) is 2.85. The lowest BCUT2D eigenvalue weighted by molar-refractivity contribution is -0.139. The van der Waals surface area contributed by atoms with Crippen molar-refractivity contribution in [1.82, 2.24) is 5.32 Å². The predicted octanol–water partition coefficient (Wildman–Crippen LogP) is 2.71. The Balaban J connectivity index is 2.11. The lowest BCUT2D eigenvalue weighted by Gasteiger charge is -2.19. The van der Waals surface area contributed by atoms with Gasteiger partial charge in [0.1, 0.15) is 6.04 Å². The maximum Gasteiger partial charge on any atom is 0.326 e. The number of hydrogen-bond donors (Lipinski definition) is 2. The highest BCUT2D eigenvalue weighted by Gasteiger charge is 2.27. The summed E-state index contributed by atoms with van der Waals surface area (Å²) in [6.45, 7) is 1.97. The fraction of sp³-hybridized carbons (Fsp3) is 0.583. The van der Waals surface area contributed by atoms with Crippen LogP contribution >= 0.6 is 11.3 Å². The Bertz CT molecular complexity index is 369. The zero-order valence-corrected chi connectivity index (χ0v) is 10.2. The molecule has 0 aliphatic heterocycles. The summed E-state index contributed by atoms with van der Waals surface area (Å²) in [6, 6.07) is 1.83.